The Morgan fingerprint density at radius 2 is 1.91 bits per heavy atom. The van der Waals surface area contributed by atoms with Crippen molar-refractivity contribution in [3.8, 4) is 0 Å². The molecule has 120 valence electrons. The fourth-order valence-corrected chi connectivity index (χ4v) is 4.44. The van der Waals surface area contributed by atoms with Crippen LogP contribution in [0.3, 0.4) is 0 Å². The zero-order valence-corrected chi connectivity index (χ0v) is 15.4. The largest absolute Gasteiger partial charge is 0.278 e. The average Bonchev–Trinajstić information content (AvgIpc) is 2.51. The Morgan fingerprint density at radius 1 is 1.22 bits per heavy atom. The van der Waals surface area contributed by atoms with Crippen LogP contribution in [0.1, 0.15) is 18.9 Å². The van der Waals surface area contributed by atoms with Gasteiger partial charge in [-0.3, -0.25) is 5.43 Å². The summed E-state index contributed by atoms with van der Waals surface area (Å²) in [5.41, 5.74) is 5.06. The van der Waals surface area contributed by atoms with Gasteiger partial charge in [-0.05, 0) is 49.4 Å². The quantitative estimate of drug-likeness (QED) is 0.738. The lowest BCUT2D eigenvalue weighted by Gasteiger charge is -2.23. The summed E-state index contributed by atoms with van der Waals surface area (Å²) < 4.78 is 25.9. The third-order valence-electron chi connectivity index (χ3n) is 3.73. The van der Waals surface area contributed by atoms with E-state index in [-0.39, 0.29) is 4.90 Å². The summed E-state index contributed by atoms with van der Waals surface area (Å²) in [6.07, 6.45) is 0.346. The van der Waals surface area contributed by atoms with Crippen LogP contribution >= 0.6 is 27.5 Å². The van der Waals surface area contributed by atoms with Crippen LogP contribution in [0.15, 0.2) is 56.9 Å². The second-order valence-corrected chi connectivity index (χ2v) is 9.06. The molecule has 1 aliphatic heterocycles. The maximum absolute atomic E-state index is 12.4. The summed E-state index contributed by atoms with van der Waals surface area (Å²) in [5, 5.41) is 4.39. The van der Waals surface area contributed by atoms with Crippen LogP contribution in [-0.2, 0) is 9.84 Å². The third-order valence-corrected chi connectivity index (χ3v) is 6.69. The number of hydrogen-bond donors (Lipinski definition) is 1. The number of halogens is 2. The molecule has 1 heterocycles. The summed E-state index contributed by atoms with van der Waals surface area (Å²) in [6.45, 7) is 1.70. The van der Waals surface area contributed by atoms with Crippen molar-refractivity contribution in [3.63, 3.8) is 0 Å². The average molecular weight is 414 g/mol. The molecule has 4 nitrogen and oxygen atoms in total. The molecule has 1 atom stereocenters. The van der Waals surface area contributed by atoms with Crippen molar-refractivity contribution in [1.82, 2.24) is 0 Å². The first-order valence-electron chi connectivity index (χ1n) is 7.00. The second-order valence-electron chi connectivity index (χ2n) is 5.38. The third kappa shape index (κ3) is 3.29. The van der Waals surface area contributed by atoms with Crippen molar-refractivity contribution >= 4 is 48.8 Å². The number of nitrogens with one attached hydrogen (secondary N) is 1. The Balaban J connectivity index is 2.01. The molecular formula is C16H14BrClN2O2S. The summed E-state index contributed by atoms with van der Waals surface area (Å²) in [7, 11) is -3.33. The SMILES string of the molecule is CC1CC(=NNc2ccc(Br)cc2)c2cc(Cl)ccc2S1(=O)=O. The van der Waals surface area contributed by atoms with E-state index in [0.29, 0.717) is 22.7 Å². The van der Waals surface area contributed by atoms with Crippen LogP contribution in [0.5, 0.6) is 0 Å². The van der Waals surface area contributed by atoms with E-state index in [1.54, 1.807) is 25.1 Å². The summed E-state index contributed by atoms with van der Waals surface area (Å²) >= 11 is 9.41. The minimum atomic E-state index is -3.33. The highest BCUT2D eigenvalue weighted by molar-refractivity contribution is 9.10. The molecule has 0 amide bonds. The molecule has 2 aromatic carbocycles. The van der Waals surface area contributed by atoms with Crippen LogP contribution in [-0.4, -0.2) is 19.4 Å². The van der Waals surface area contributed by atoms with Crippen molar-refractivity contribution in [2.45, 2.75) is 23.5 Å². The number of nitrogens with zero attached hydrogens (tertiary/aromatic N) is 1. The predicted octanol–water partition coefficient (Wildman–Crippen LogP) is 4.48. The van der Waals surface area contributed by atoms with Crippen molar-refractivity contribution in [3.05, 3.63) is 57.5 Å². The van der Waals surface area contributed by atoms with Crippen LogP contribution in [0.2, 0.25) is 5.02 Å². The maximum Gasteiger partial charge on any atom is 0.182 e. The summed E-state index contributed by atoms with van der Waals surface area (Å²) in [6, 6.07) is 12.4. The molecule has 0 saturated carbocycles. The zero-order chi connectivity index (χ0) is 16.6. The molecule has 0 saturated heterocycles. The van der Waals surface area contributed by atoms with Gasteiger partial charge in [0.2, 0.25) is 0 Å². The lowest BCUT2D eigenvalue weighted by molar-refractivity contribution is 0.582. The van der Waals surface area contributed by atoms with Gasteiger partial charge in [-0.2, -0.15) is 5.10 Å². The summed E-state index contributed by atoms with van der Waals surface area (Å²) in [5.74, 6) is 0. The molecule has 3 rings (SSSR count). The Hall–Kier alpha value is -1.37. The minimum absolute atomic E-state index is 0.289. The first-order chi connectivity index (χ1) is 10.9. The standard InChI is InChI=1S/C16H14BrClN2O2S/c1-10-8-15(20-19-13-5-2-11(17)3-6-13)14-9-12(18)4-7-16(14)23(10,21)22/h2-7,9-10,19H,8H2,1H3. The number of rotatable bonds is 2. The predicted molar refractivity (Wildman–Crippen MR) is 97.0 cm³/mol. The number of sulfone groups is 1. The molecule has 1 N–H and O–H groups in total. The van der Waals surface area contributed by atoms with Gasteiger partial charge in [0.15, 0.2) is 9.84 Å². The molecule has 0 spiro atoms. The lowest BCUT2D eigenvalue weighted by Crippen LogP contribution is -2.30. The normalized spacial score (nSPS) is 21.0. The molecule has 0 radical (unpaired) electrons. The zero-order valence-electron chi connectivity index (χ0n) is 12.3. The maximum atomic E-state index is 12.4. The Morgan fingerprint density at radius 3 is 2.61 bits per heavy atom. The second kappa shape index (κ2) is 6.26. The van der Waals surface area contributed by atoms with E-state index < -0.39 is 15.1 Å². The molecule has 1 aliphatic rings. The number of anilines is 1. The molecule has 23 heavy (non-hydrogen) atoms. The van der Waals surface area contributed by atoms with Crippen molar-refractivity contribution in [2.75, 3.05) is 5.43 Å². The van der Waals surface area contributed by atoms with Gasteiger partial charge in [0.05, 0.1) is 21.5 Å². The van der Waals surface area contributed by atoms with Gasteiger partial charge >= 0.3 is 0 Å². The van der Waals surface area contributed by atoms with E-state index in [9.17, 15) is 8.42 Å². The van der Waals surface area contributed by atoms with Gasteiger partial charge in [-0.1, -0.05) is 27.5 Å². The van der Waals surface area contributed by atoms with Gasteiger partial charge in [0, 0.05) is 21.5 Å². The molecule has 0 aliphatic carbocycles. The molecule has 2 aromatic rings. The molecule has 0 fully saturated rings. The topological polar surface area (TPSA) is 58.5 Å². The van der Waals surface area contributed by atoms with E-state index in [1.165, 1.54) is 0 Å². The van der Waals surface area contributed by atoms with Gasteiger partial charge in [-0.25, -0.2) is 8.42 Å². The van der Waals surface area contributed by atoms with E-state index in [0.717, 1.165) is 10.2 Å². The highest BCUT2D eigenvalue weighted by Gasteiger charge is 2.34. The first-order valence-corrected chi connectivity index (χ1v) is 9.71. The first kappa shape index (κ1) is 16.5. The Kier molecular flexibility index (Phi) is 4.49. The van der Waals surface area contributed by atoms with Crippen molar-refractivity contribution < 1.29 is 8.42 Å². The molecular weight excluding hydrogens is 400 g/mol. The number of hydrazone groups is 1. The number of fused-ring (bicyclic) bond motifs is 1. The number of benzene rings is 2. The van der Waals surface area contributed by atoms with Crippen molar-refractivity contribution in [2.24, 2.45) is 5.10 Å². The molecule has 7 heteroatoms. The van der Waals surface area contributed by atoms with Crippen LogP contribution in [0.4, 0.5) is 5.69 Å². The van der Waals surface area contributed by atoms with E-state index in [1.807, 2.05) is 24.3 Å². The minimum Gasteiger partial charge on any atom is -0.278 e. The fraction of sp³-hybridized carbons (Fsp3) is 0.188. The van der Waals surface area contributed by atoms with E-state index in [4.69, 9.17) is 11.6 Å². The fourth-order valence-electron chi connectivity index (χ4n) is 2.45. The summed E-state index contributed by atoms with van der Waals surface area (Å²) in [4.78, 5) is 0.289. The molecule has 0 bridgehead atoms. The van der Waals surface area contributed by atoms with Gasteiger partial charge in [0.1, 0.15) is 0 Å². The Labute approximate surface area is 148 Å². The van der Waals surface area contributed by atoms with Crippen LogP contribution in [0, 0.1) is 0 Å². The van der Waals surface area contributed by atoms with Gasteiger partial charge in [0.25, 0.3) is 0 Å². The smallest absolute Gasteiger partial charge is 0.182 e. The molecule has 1 unspecified atom stereocenters. The molecule has 0 aromatic heterocycles. The number of hydrogen-bond acceptors (Lipinski definition) is 4. The van der Waals surface area contributed by atoms with Crippen LogP contribution < -0.4 is 5.43 Å². The van der Waals surface area contributed by atoms with E-state index in [2.05, 4.69) is 26.5 Å². The van der Waals surface area contributed by atoms with E-state index >= 15 is 0 Å². The van der Waals surface area contributed by atoms with Gasteiger partial charge in [-0.15, -0.1) is 0 Å². The van der Waals surface area contributed by atoms with Crippen molar-refractivity contribution in [1.29, 1.82) is 0 Å². The highest BCUT2D eigenvalue weighted by Crippen LogP contribution is 2.32. The highest BCUT2D eigenvalue weighted by atomic mass is 79.9. The monoisotopic (exact) mass is 412 g/mol. The van der Waals surface area contributed by atoms with Crippen LogP contribution in [0.25, 0.3) is 0 Å². The Bertz CT molecular complexity index is 879. The lowest BCUT2D eigenvalue weighted by atomic mass is 10.1. The van der Waals surface area contributed by atoms with Gasteiger partial charge < -0.3 is 0 Å².